The van der Waals surface area contributed by atoms with Crippen molar-refractivity contribution in [2.75, 3.05) is 20.6 Å². The monoisotopic (exact) mass is 303 g/mol. The Bertz CT molecular complexity index is 635. The number of nitrogens with zero attached hydrogens (tertiary/aromatic N) is 4. The number of halogens is 1. The number of nitrogens with one attached hydrogen (secondary N) is 1. The second-order valence-electron chi connectivity index (χ2n) is 5.24. The molecule has 0 spiro atoms. The first kappa shape index (κ1) is 16.0. The van der Waals surface area contributed by atoms with E-state index in [0.29, 0.717) is 6.54 Å². The number of rotatable bonds is 5. The maximum Gasteiger partial charge on any atom is 0.193 e. The van der Waals surface area contributed by atoms with Crippen LogP contribution in [0.1, 0.15) is 11.1 Å². The first-order valence-corrected chi connectivity index (χ1v) is 7.24. The molecule has 22 heavy (non-hydrogen) atoms. The van der Waals surface area contributed by atoms with Crippen molar-refractivity contribution in [3.05, 3.63) is 53.6 Å². The van der Waals surface area contributed by atoms with Crippen molar-refractivity contribution in [3.8, 4) is 0 Å². The van der Waals surface area contributed by atoms with Gasteiger partial charge in [0.25, 0.3) is 0 Å². The lowest BCUT2D eigenvalue weighted by Crippen LogP contribution is -2.39. The summed E-state index contributed by atoms with van der Waals surface area (Å²) in [6.45, 7) is 4.10. The van der Waals surface area contributed by atoms with Gasteiger partial charge in [-0.25, -0.2) is 4.39 Å². The molecule has 2 rings (SSSR count). The Kier molecular flexibility index (Phi) is 5.52. The highest BCUT2D eigenvalue weighted by Crippen LogP contribution is 2.06. The van der Waals surface area contributed by atoms with Gasteiger partial charge in [-0.1, -0.05) is 12.1 Å². The van der Waals surface area contributed by atoms with Crippen LogP contribution >= 0.6 is 0 Å². The fourth-order valence-corrected chi connectivity index (χ4v) is 2.24. The van der Waals surface area contributed by atoms with E-state index in [1.165, 1.54) is 12.1 Å². The third-order valence-electron chi connectivity index (χ3n) is 3.27. The van der Waals surface area contributed by atoms with E-state index in [4.69, 9.17) is 0 Å². The maximum absolute atomic E-state index is 13.2. The highest BCUT2D eigenvalue weighted by molar-refractivity contribution is 5.79. The molecule has 6 heteroatoms. The molecule has 1 N–H and O–H groups in total. The first-order valence-electron chi connectivity index (χ1n) is 7.24. The Hall–Kier alpha value is -2.37. The number of aromatic nitrogens is 2. The summed E-state index contributed by atoms with van der Waals surface area (Å²) in [5.41, 5.74) is 2.06. The van der Waals surface area contributed by atoms with Gasteiger partial charge < -0.3 is 10.2 Å². The van der Waals surface area contributed by atoms with Crippen LogP contribution in [0.5, 0.6) is 0 Å². The highest BCUT2D eigenvalue weighted by Gasteiger charge is 2.07. The number of aliphatic imine (C=N–C) groups is 1. The molecule has 0 radical (unpaired) electrons. The smallest absolute Gasteiger partial charge is 0.193 e. The number of guanidine groups is 1. The van der Waals surface area contributed by atoms with Crippen LogP contribution in [0.15, 0.2) is 41.7 Å². The average Bonchev–Trinajstić information content (AvgIpc) is 2.89. The molecule has 1 aromatic heterocycles. The van der Waals surface area contributed by atoms with Crippen LogP contribution in [0.25, 0.3) is 0 Å². The number of hydrogen-bond acceptors (Lipinski definition) is 2. The number of aryl methyl sites for hydroxylation is 1. The zero-order valence-electron chi connectivity index (χ0n) is 13.3. The van der Waals surface area contributed by atoms with Crippen molar-refractivity contribution >= 4 is 5.96 Å². The molecule has 0 aliphatic carbocycles. The van der Waals surface area contributed by atoms with E-state index in [-0.39, 0.29) is 5.82 Å². The highest BCUT2D eigenvalue weighted by atomic mass is 19.1. The van der Waals surface area contributed by atoms with Crippen molar-refractivity contribution in [1.29, 1.82) is 0 Å². The minimum atomic E-state index is -0.220. The van der Waals surface area contributed by atoms with Crippen LogP contribution in [0.2, 0.25) is 0 Å². The third kappa shape index (κ3) is 4.58. The fourth-order valence-electron chi connectivity index (χ4n) is 2.24. The molecule has 0 saturated heterocycles. The summed E-state index contributed by atoms with van der Waals surface area (Å²) in [6.07, 6.45) is 3.84. The molecule has 1 aromatic carbocycles. The van der Waals surface area contributed by atoms with Crippen molar-refractivity contribution < 1.29 is 4.39 Å². The SMILES string of the molecule is CN=C(NCCn1cc(C)cn1)N(C)Cc1cccc(F)c1. The average molecular weight is 303 g/mol. The van der Waals surface area contributed by atoms with E-state index in [1.54, 1.807) is 13.1 Å². The summed E-state index contributed by atoms with van der Waals surface area (Å²) in [5, 5.41) is 7.53. The largest absolute Gasteiger partial charge is 0.354 e. The molecule has 0 bridgehead atoms. The van der Waals surface area contributed by atoms with E-state index < -0.39 is 0 Å². The Morgan fingerprint density at radius 1 is 1.45 bits per heavy atom. The summed E-state index contributed by atoms with van der Waals surface area (Å²) in [6, 6.07) is 6.60. The number of hydrogen-bond donors (Lipinski definition) is 1. The number of benzene rings is 1. The normalized spacial score (nSPS) is 11.5. The quantitative estimate of drug-likeness (QED) is 0.679. The molecule has 1 heterocycles. The van der Waals surface area contributed by atoms with Gasteiger partial charge in [-0.05, 0) is 30.2 Å². The molecule has 118 valence electrons. The summed E-state index contributed by atoms with van der Waals surface area (Å²) in [5.74, 6) is 0.552. The zero-order valence-corrected chi connectivity index (χ0v) is 13.3. The van der Waals surface area contributed by atoms with Gasteiger partial charge in [-0.3, -0.25) is 9.67 Å². The predicted octanol–water partition coefficient (Wildman–Crippen LogP) is 2.04. The molecular weight excluding hydrogens is 281 g/mol. The molecule has 0 amide bonds. The topological polar surface area (TPSA) is 45.5 Å². The maximum atomic E-state index is 13.2. The second-order valence-corrected chi connectivity index (χ2v) is 5.24. The van der Waals surface area contributed by atoms with Crippen LogP contribution in [-0.2, 0) is 13.1 Å². The van der Waals surface area contributed by atoms with Gasteiger partial charge in [-0.15, -0.1) is 0 Å². The lowest BCUT2D eigenvalue weighted by molar-refractivity contribution is 0.468. The third-order valence-corrected chi connectivity index (χ3v) is 3.27. The van der Waals surface area contributed by atoms with Crippen LogP contribution in [0, 0.1) is 12.7 Å². The molecule has 0 aliphatic heterocycles. The van der Waals surface area contributed by atoms with Crippen molar-refractivity contribution in [3.63, 3.8) is 0 Å². The van der Waals surface area contributed by atoms with Crippen LogP contribution < -0.4 is 5.32 Å². The molecular formula is C16H22FN5. The summed E-state index contributed by atoms with van der Waals surface area (Å²) < 4.78 is 15.1. The van der Waals surface area contributed by atoms with Crippen LogP contribution in [0.3, 0.4) is 0 Å². The van der Waals surface area contributed by atoms with Gasteiger partial charge in [0.15, 0.2) is 5.96 Å². The molecule has 2 aromatic rings. The lowest BCUT2D eigenvalue weighted by atomic mass is 10.2. The second kappa shape index (κ2) is 7.59. The van der Waals surface area contributed by atoms with Gasteiger partial charge in [0.2, 0.25) is 0 Å². The van der Waals surface area contributed by atoms with Crippen LogP contribution in [0.4, 0.5) is 4.39 Å². The van der Waals surface area contributed by atoms with E-state index in [9.17, 15) is 4.39 Å². The summed E-state index contributed by atoms with van der Waals surface area (Å²) >= 11 is 0. The minimum Gasteiger partial charge on any atom is -0.354 e. The van der Waals surface area contributed by atoms with Gasteiger partial charge in [-0.2, -0.15) is 5.10 Å². The van der Waals surface area contributed by atoms with Gasteiger partial charge in [0, 0.05) is 33.4 Å². The van der Waals surface area contributed by atoms with E-state index in [1.807, 2.05) is 42.0 Å². The molecule has 0 fully saturated rings. The van der Waals surface area contributed by atoms with E-state index in [0.717, 1.165) is 30.2 Å². The standard InChI is InChI=1S/C16H22FN5/c1-13-10-20-22(11-13)8-7-19-16(18-2)21(3)12-14-5-4-6-15(17)9-14/h4-6,9-11H,7-8,12H2,1-3H3,(H,18,19). The Morgan fingerprint density at radius 2 is 2.27 bits per heavy atom. The first-order chi connectivity index (χ1) is 10.6. The molecule has 0 aliphatic rings. The fraction of sp³-hybridized carbons (Fsp3) is 0.375. The predicted molar refractivity (Wildman–Crippen MR) is 86.2 cm³/mol. The minimum absolute atomic E-state index is 0.220. The van der Waals surface area contributed by atoms with Gasteiger partial charge >= 0.3 is 0 Å². The lowest BCUT2D eigenvalue weighted by Gasteiger charge is -2.22. The van der Waals surface area contributed by atoms with Crippen molar-refractivity contribution in [2.24, 2.45) is 4.99 Å². The molecule has 0 saturated carbocycles. The van der Waals surface area contributed by atoms with Crippen molar-refractivity contribution in [2.45, 2.75) is 20.0 Å². The molecule has 0 unspecified atom stereocenters. The Morgan fingerprint density at radius 3 is 2.91 bits per heavy atom. The van der Waals surface area contributed by atoms with E-state index in [2.05, 4.69) is 15.4 Å². The zero-order chi connectivity index (χ0) is 15.9. The van der Waals surface area contributed by atoms with Crippen molar-refractivity contribution in [1.82, 2.24) is 20.0 Å². The van der Waals surface area contributed by atoms with E-state index >= 15 is 0 Å². The summed E-state index contributed by atoms with van der Waals surface area (Å²) in [7, 11) is 3.67. The Balaban J connectivity index is 1.85. The molecule has 0 atom stereocenters. The summed E-state index contributed by atoms with van der Waals surface area (Å²) in [4.78, 5) is 6.21. The van der Waals surface area contributed by atoms with Gasteiger partial charge in [0.1, 0.15) is 5.82 Å². The van der Waals surface area contributed by atoms with Gasteiger partial charge in [0.05, 0.1) is 12.7 Å². The molecule has 5 nitrogen and oxygen atoms in total. The van der Waals surface area contributed by atoms with Crippen LogP contribution in [-0.4, -0.2) is 41.3 Å². The Labute approximate surface area is 130 Å².